The quantitative estimate of drug-likeness (QED) is 0.344. The van der Waals surface area contributed by atoms with Crippen molar-refractivity contribution in [2.45, 2.75) is 70.9 Å². The standard InChI is InChI=1S/C32H39F3N4O/c1-23(2)37-30(40)19-29-22-38(17-18-39(29)21-25-13-15-36-16-14-25)20-24-5-7-26(8-6-24)27-9-11-28(12-10-27)31(3,4)32(33,34)35/h5-16,23,29H,17-22H2,1-4H3,(H,37,40)/t29-/m0/s1. The van der Waals surface area contributed by atoms with E-state index in [2.05, 4.69) is 32.2 Å². The maximum absolute atomic E-state index is 13.4. The molecule has 214 valence electrons. The van der Waals surface area contributed by atoms with E-state index >= 15 is 0 Å². The van der Waals surface area contributed by atoms with Gasteiger partial charge in [0.15, 0.2) is 0 Å². The van der Waals surface area contributed by atoms with Gasteiger partial charge in [0.05, 0.1) is 5.41 Å². The third kappa shape index (κ3) is 7.49. The first-order chi connectivity index (χ1) is 18.9. The first kappa shape index (κ1) is 29.7. The van der Waals surface area contributed by atoms with Crippen molar-refractivity contribution in [1.29, 1.82) is 0 Å². The molecule has 1 saturated heterocycles. The van der Waals surface area contributed by atoms with Crippen LogP contribution in [0.4, 0.5) is 13.2 Å². The summed E-state index contributed by atoms with van der Waals surface area (Å²) < 4.78 is 40.2. The van der Waals surface area contributed by atoms with Crippen LogP contribution in [0.15, 0.2) is 73.1 Å². The number of carbonyl (C=O) groups excluding carboxylic acids is 1. The van der Waals surface area contributed by atoms with Gasteiger partial charge in [0.1, 0.15) is 0 Å². The third-order valence-electron chi connectivity index (χ3n) is 7.70. The molecule has 1 aliphatic rings. The number of hydrogen-bond donors (Lipinski definition) is 1. The molecule has 1 aromatic heterocycles. The van der Waals surface area contributed by atoms with Crippen molar-refractivity contribution in [1.82, 2.24) is 20.1 Å². The summed E-state index contributed by atoms with van der Waals surface area (Å²) in [4.78, 5) is 21.5. The average Bonchev–Trinajstić information content (AvgIpc) is 2.90. The van der Waals surface area contributed by atoms with Gasteiger partial charge in [-0.1, -0.05) is 48.5 Å². The van der Waals surface area contributed by atoms with Gasteiger partial charge in [-0.2, -0.15) is 13.2 Å². The SMILES string of the molecule is CC(C)NC(=O)C[C@H]1CN(Cc2ccc(-c3ccc(C(C)(C)C(F)(F)F)cc3)cc2)CCN1Cc1ccncc1. The minimum atomic E-state index is -4.31. The molecule has 0 bridgehead atoms. The van der Waals surface area contributed by atoms with Crippen LogP contribution in [-0.2, 0) is 23.3 Å². The fourth-order valence-electron chi connectivity index (χ4n) is 5.12. The maximum atomic E-state index is 13.4. The molecule has 0 aliphatic carbocycles. The zero-order chi connectivity index (χ0) is 28.9. The van der Waals surface area contributed by atoms with Gasteiger partial charge >= 0.3 is 6.18 Å². The molecule has 0 spiro atoms. The van der Waals surface area contributed by atoms with Crippen LogP contribution in [0, 0.1) is 0 Å². The van der Waals surface area contributed by atoms with Gasteiger partial charge in [0.25, 0.3) is 0 Å². The van der Waals surface area contributed by atoms with Crippen molar-refractivity contribution in [2.75, 3.05) is 19.6 Å². The van der Waals surface area contributed by atoms with Crippen molar-refractivity contribution in [3.63, 3.8) is 0 Å². The molecular weight excluding hydrogens is 513 g/mol. The Kier molecular flexibility index (Phi) is 9.31. The molecule has 0 unspecified atom stereocenters. The lowest BCUT2D eigenvalue weighted by molar-refractivity contribution is -0.180. The van der Waals surface area contributed by atoms with Crippen molar-refractivity contribution >= 4 is 5.91 Å². The van der Waals surface area contributed by atoms with Crippen molar-refractivity contribution in [3.8, 4) is 11.1 Å². The van der Waals surface area contributed by atoms with Gasteiger partial charge in [0.2, 0.25) is 5.91 Å². The molecule has 8 heteroatoms. The molecule has 2 aromatic carbocycles. The van der Waals surface area contributed by atoms with E-state index in [0.29, 0.717) is 6.42 Å². The Bertz CT molecular complexity index is 1240. The van der Waals surface area contributed by atoms with Gasteiger partial charge < -0.3 is 5.32 Å². The molecule has 1 fully saturated rings. The van der Waals surface area contributed by atoms with Crippen molar-refractivity contribution < 1.29 is 18.0 Å². The summed E-state index contributed by atoms with van der Waals surface area (Å²) in [5.74, 6) is 0.0653. The number of benzene rings is 2. The summed E-state index contributed by atoms with van der Waals surface area (Å²) in [5, 5.41) is 3.03. The van der Waals surface area contributed by atoms with Crippen LogP contribution in [0.5, 0.6) is 0 Å². The smallest absolute Gasteiger partial charge is 0.354 e. The van der Waals surface area contributed by atoms with Crippen LogP contribution in [-0.4, -0.2) is 58.6 Å². The highest BCUT2D eigenvalue weighted by atomic mass is 19.4. The number of aromatic nitrogens is 1. The molecule has 3 aromatic rings. The molecular formula is C32H39F3N4O. The van der Waals surface area contributed by atoms with E-state index in [0.717, 1.165) is 49.4 Å². The molecule has 1 N–H and O–H groups in total. The molecule has 2 heterocycles. The number of rotatable bonds is 9. The van der Waals surface area contributed by atoms with Gasteiger partial charge in [-0.15, -0.1) is 0 Å². The van der Waals surface area contributed by atoms with Crippen LogP contribution in [0.1, 0.15) is 50.8 Å². The topological polar surface area (TPSA) is 48.5 Å². The van der Waals surface area contributed by atoms with E-state index < -0.39 is 11.6 Å². The van der Waals surface area contributed by atoms with E-state index in [1.54, 1.807) is 36.7 Å². The zero-order valence-corrected chi connectivity index (χ0v) is 23.7. The predicted molar refractivity (Wildman–Crippen MR) is 153 cm³/mol. The lowest BCUT2D eigenvalue weighted by Gasteiger charge is -2.41. The summed E-state index contributed by atoms with van der Waals surface area (Å²) in [7, 11) is 0. The summed E-state index contributed by atoms with van der Waals surface area (Å²) in [5.41, 5.74) is 2.54. The largest absolute Gasteiger partial charge is 0.397 e. The lowest BCUT2D eigenvalue weighted by atomic mass is 9.83. The van der Waals surface area contributed by atoms with E-state index in [1.165, 1.54) is 19.4 Å². The number of pyridine rings is 1. The molecule has 5 nitrogen and oxygen atoms in total. The third-order valence-corrected chi connectivity index (χ3v) is 7.70. The fraction of sp³-hybridized carbons (Fsp3) is 0.438. The van der Waals surface area contributed by atoms with Gasteiger partial charge in [0, 0.05) is 63.6 Å². The highest BCUT2D eigenvalue weighted by molar-refractivity contribution is 5.76. The summed E-state index contributed by atoms with van der Waals surface area (Å²) in [6, 6.07) is 19.1. The van der Waals surface area contributed by atoms with Crippen molar-refractivity contribution in [3.05, 3.63) is 89.7 Å². The van der Waals surface area contributed by atoms with Gasteiger partial charge in [-0.3, -0.25) is 19.6 Å². The fourth-order valence-corrected chi connectivity index (χ4v) is 5.12. The summed E-state index contributed by atoms with van der Waals surface area (Å²) >= 11 is 0. The lowest BCUT2D eigenvalue weighted by Crippen LogP contribution is -2.53. The predicted octanol–water partition coefficient (Wildman–Crippen LogP) is 6.19. The van der Waals surface area contributed by atoms with Crippen LogP contribution < -0.4 is 5.32 Å². The second-order valence-corrected chi connectivity index (χ2v) is 11.5. The summed E-state index contributed by atoms with van der Waals surface area (Å²) in [6.45, 7) is 10.4. The molecule has 1 amide bonds. The number of hydrogen-bond acceptors (Lipinski definition) is 4. The number of amides is 1. The second kappa shape index (κ2) is 12.5. The molecule has 0 radical (unpaired) electrons. The van der Waals surface area contributed by atoms with Crippen LogP contribution in [0.2, 0.25) is 0 Å². The molecule has 1 aliphatic heterocycles. The summed E-state index contributed by atoms with van der Waals surface area (Å²) in [6.07, 6.45) is -0.265. The number of nitrogens with one attached hydrogen (secondary N) is 1. The van der Waals surface area contributed by atoms with E-state index in [-0.39, 0.29) is 23.6 Å². The molecule has 40 heavy (non-hydrogen) atoms. The zero-order valence-electron chi connectivity index (χ0n) is 23.7. The van der Waals surface area contributed by atoms with E-state index in [9.17, 15) is 18.0 Å². The Morgan fingerprint density at radius 1 is 0.900 bits per heavy atom. The first-order valence-corrected chi connectivity index (χ1v) is 13.8. The van der Waals surface area contributed by atoms with Crippen molar-refractivity contribution in [2.24, 2.45) is 0 Å². The van der Waals surface area contributed by atoms with Gasteiger partial charge in [-0.05, 0) is 67.6 Å². The Labute approximate surface area is 235 Å². The molecule has 0 saturated carbocycles. The minimum Gasteiger partial charge on any atom is -0.354 e. The normalized spacial score (nSPS) is 17.2. The van der Waals surface area contributed by atoms with Gasteiger partial charge in [-0.25, -0.2) is 0 Å². The number of carbonyl (C=O) groups is 1. The van der Waals surface area contributed by atoms with Crippen LogP contribution in [0.25, 0.3) is 11.1 Å². The number of halogens is 3. The Morgan fingerprint density at radius 2 is 1.48 bits per heavy atom. The molecule has 4 rings (SSSR count). The number of piperazine rings is 1. The average molecular weight is 553 g/mol. The monoisotopic (exact) mass is 552 g/mol. The number of nitrogens with zero attached hydrogens (tertiary/aromatic N) is 3. The highest BCUT2D eigenvalue weighted by Crippen LogP contribution is 2.40. The highest BCUT2D eigenvalue weighted by Gasteiger charge is 2.48. The Morgan fingerprint density at radius 3 is 2.05 bits per heavy atom. The minimum absolute atomic E-state index is 0.0653. The Hall–Kier alpha value is -3.23. The molecule has 1 atom stereocenters. The second-order valence-electron chi connectivity index (χ2n) is 11.5. The van der Waals surface area contributed by atoms with E-state index in [1.807, 2.05) is 38.1 Å². The van der Waals surface area contributed by atoms with Crippen LogP contribution >= 0.6 is 0 Å². The first-order valence-electron chi connectivity index (χ1n) is 13.8. The maximum Gasteiger partial charge on any atom is 0.397 e. The van der Waals surface area contributed by atoms with E-state index in [4.69, 9.17) is 0 Å². The van der Waals surface area contributed by atoms with Crippen LogP contribution in [0.3, 0.4) is 0 Å². The number of alkyl halides is 3. The Balaban J connectivity index is 1.41.